The minimum Gasteiger partial charge on any atom is -0.447 e. The number of hydrogen-bond donors (Lipinski definition) is 2. The Labute approximate surface area is 143 Å². The van der Waals surface area contributed by atoms with Gasteiger partial charge in [0.25, 0.3) is 5.91 Å². The van der Waals surface area contributed by atoms with Crippen LogP contribution in [0.2, 0.25) is 0 Å². The zero-order valence-electron chi connectivity index (χ0n) is 13.2. The third kappa shape index (κ3) is 4.06. The van der Waals surface area contributed by atoms with E-state index >= 15 is 0 Å². The zero-order chi connectivity index (χ0) is 17.6. The SMILES string of the molecule is O=C(NCC#Cc1ccc(N2CCOC2=O)cc1)c1ccc(=O)[nH]c1. The van der Waals surface area contributed by atoms with Crippen molar-refractivity contribution in [1.82, 2.24) is 10.3 Å². The molecular weight excluding hydrogens is 322 g/mol. The minimum absolute atomic E-state index is 0.179. The van der Waals surface area contributed by atoms with Gasteiger partial charge in [-0.3, -0.25) is 14.5 Å². The fourth-order valence-corrected chi connectivity index (χ4v) is 2.28. The van der Waals surface area contributed by atoms with E-state index in [-0.39, 0.29) is 24.1 Å². The van der Waals surface area contributed by atoms with E-state index in [0.29, 0.717) is 18.7 Å². The Bertz CT molecular complexity index is 886. The molecule has 1 fully saturated rings. The summed E-state index contributed by atoms with van der Waals surface area (Å²) in [6.07, 6.45) is 1.01. The Morgan fingerprint density at radius 2 is 2.00 bits per heavy atom. The number of aromatic amines is 1. The highest BCUT2D eigenvalue weighted by Gasteiger charge is 2.23. The largest absolute Gasteiger partial charge is 0.447 e. The van der Waals surface area contributed by atoms with Crippen LogP contribution in [-0.2, 0) is 4.74 Å². The van der Waals surface area contributed by atoms with Gasteiger partial charge < -0.3 is 15.0 Å². The van der Waals surface area contributed by atoms with Crippen molar-refractivity contribution < 1.29 is 14.3 Å². The van der Waals surface area contributed by atoms with Crippen LogP contribution in [0.5, 0.6) is 0 Å². The van der Waals surface area contributed by atoms with Crippen molar-refractivity contribution in [3.63, 3.8) is 0 Å². The molecule has 0 atom stereocenters. The lowest BCUT2D eigenvalue weighted by Crippen LogP contribution is -2.24. The molecule has 7 nitrogen and oxygen atoms in total. The van der Waals surface area contributed by atoms with Gasteiger partial charge in [-0.2, -0.15) is 0 Å². The molecule has 126 valence electrons. The fraction of sp³-hybridized carbons (Fsp3) is 0.167. The third-order valence-corrected chi connectivity index (χ3v) is 3.56. The average Bonchev–Trinajstić information content (AvgIpc) is 3.06. The second-order valence-electron chi connectivity index (χ2n) is 5.24. The van der Waals surface area contributed by atoms with E-state index in [2.05, 4.69) is 22.1 Å². The van der Waals surface area contributed by atoms with Crippen LogP contribution in [0.4, 0.5) is 10.5 Å². The summed E-state index contributed by atoms with van der Waals surface area (Å²) in [4.78, 5) is 38.3. The van der Waals surface area contributed by atoms with Crippen molar-refractivity contribution in [3.8, 4) is 11.8 Å². The summed E-state index contributed by atoms with van der Waals surface area (Å²) in [6, 6.07) is 9.95. The predicted molar refractivity (Wildman–Crippen MR) is 91.4 cm³/mol. The summed E-state index contributed by atoms with van der Waals surface area (Å²) in [5.74, 6) is 5.47. The Morgan fingerprint density at radius 1 is 1.20 bits per heavy atom. The molecule has 0 bridgehead atoms. The summed E-state index contributed by atoms with van der Waals surface area (Å²) in [7, 11) is 0. The van der Waals surface area contributed by atoms with E-state index in [1.807, 2.05) is 0 Å². The number of amides is 2. The van der Waals surface area contributed by atoms with Crippen molar-refractivity contribution in [3.05, 3.63) is 64.1 Å². The molecule has 2 heterocycles. The summed E-state index contributed by atoms with van der Waals surface area (Å²) in [6.45, 7) is 1.12. The molecule has 1 aromatic carbocycles. The number of nitrogens with one attached hydrogen (secondary N) is 2. The Balaban J connectivity index is 1.55. The van der Waals surface area contributed by atoms with Crippen molar-refractivity contribution >= 4 is 17.7 Å². The Hall–Kier alpha value is -3.53. The summed E-state index contributed by atoms with van der Waals surface area (Å²) in [5, 5.41) is 2.65. The van der Waals surface area contributed by atoms with Crippen LogP contribution < -0.4 is 15.8 Å². The van der Waals surface area contributed by atoms with Gasteiger partial charge in [-0.05, 0) is 30.3 Å². The maximum atomic E-state index is 11.8. The smallest absolute Gasteiger partial charge is 0.414 e. The molecule has 0 radical (unpaired) electrons. The monoisotopic (exact) mass is 337 g/mol. The number of pyridine rings is 1. The van der Waals surface area contributed by atoms with E-state index in [0.717, 1.165) is 11.3 Å². The summed E-state index contributed by atoms with van der Waals surface area (Å²) in [5.41, 5.74) is 1.64. The van der Waals surface area contributed by atoms with Gasteiger partial charge in [0.2, 0.25) is 5.56 Å². The van der Waals surface area contributed by atoms with Crippen molar-refractivity contribution in [1.29, 1.82) is 0 Å². The van der Waals surface area contributed by atoms with Crippen LogP contribution in [-0.4, -0.2) is 36.7 Å². The molecule has 25 heavy (non-hydrogen) atoms. The number of benzene rings is 1. The number of hydrogen-bond acceptors (Lipinski definition) is 4. The van der Waals surface area contributed by atoms with Gasteiger partial charge in [0.1, 0.15) is 6.61 Å². The summed E-state index contributed by atoms with van der Waals surface area (Å²) >= 11 is 0. The number of ether oxygens (including phenoxy) is 1. The number of rotatable bonds is 3. The normalized spacial score (nSPS) is 13.0. The minimum atomic E-state index is -0.344. The highest BCUT2D eigenvalue weighted by molar-refractivity contribution is 5.94. The molecule has 0 unspecified atom stereocenters. The van der Waals surface area contributed by atoms with Gasteiger partial charge in [0.05, 0.1) is 18.7 Å². The van der Waals surface area contributed by atoms with Crippen LogP contribution in [0.3, 0.4) is 0 Å². The van der Waals surface area contributed by atoms with E-state index in [1.165, 1.54) is 18.3 Å². The van der Waals surface area contributed by atoms with Gasteiger partial charge in [0.15, 0.2) is 0 Å². The molecule has 0 spiro atoms. The fourth-order valence-electron chi connectivity index (χ4n) is 2.28. The topological polar surface area (TPSA) is 91.5 Å². The molecule has 2 N–H and O–H groups in total. The molecule has 1 saturated heterocycles. The second-order valence-corrected chi connectivity index (χ2v) is 5.24. The molecule has 0 saturated carbocycles. The first-order chi connectivity index (χ1) is 12.1. The lowest BCUT2D eigenvalue weighted by Gasteiger charge is -2.11. The molecule has 2 aromatic rings. The number of nitrogens with zero attached hydrogens (tertiary/aromatic N) is 1. The Kier molecular flexibility index (Phi) is 4.81. The first kappa shape index (κ1) is 16.3. The van der Waals surface area contributed by atoms with E-state index in [1.54, 1.807) is 29.2 Å². The van der Waals surface area contributed by atoms with Gasteiger partial charge in [-0.15, -0.1) is 0 Å². The highest BCUT2D eigenvalue weighted by Crippen LogP contribution is 2.18. The molecule has 2 amide bonds. The first-order valence-corrected chi connectivity index (χ1v) is 7.64. The Morgan fingerprint density at radius 3 is 2.64 bits per heavy atom. The second kappa shape index (κ2) is 7.36. The van der Waals surface area contributed by atoms with Crippen LogP contribution in [0.1, 0.15) is 15.9 Å². The summed E-state index contributed by atoms with van der Waals surface area (Å²) < 4.78 is 4.89. The third-order valence-electron chi connectivity index (χ3n) is 3.56. The quantitative estimate of drug-likeness (QED) is 0.821. The van der Waals surface area contributed by atoms with E-state index in [4.69, 9.17) is 4.74 Å². The van der Waals surface area contributed by atoms with Crippen molar-refractivity contribution in [2.45, 2.75) is 0 Å². The maximum Gasteiger partial charge on any atom is 0.414 e. The molecule has 1 aromatic heterocycles. The number of anilines is 1. The first-order valence-electron chi connectivity index (χ1n) is 7.64. The van der Waals surface area contributed by atoms with Gasteiger partial charge >= 0.3 is 6.09 Å². The van der Waals surface area contributed by atoms with Crippen molar-refractivity contribution in [2.75, 3.05) is 24.6 Å². The van der Waals surface area contributed by atoms with E-state index in [9.17, 15) is 14.4 Å². The molecule has 7 heteroatoms. The highest BCUT2D eigenvalue weighted by atomic mass is 16.6. The lowest BCUT2D eigenvalue weighted by molar-refractivity contribution is 0.0958. The average molecular weight is 337 g/mol. The molecule has 0 aliphatic carbocycles. The predicted octanol–water partition coefficient (Wildman–Crippen LogP) is 1.11. The van der Waals surface area contributed by atoms with Crippen LogP contribution in [0.25, 0.3) is 0 Å². The number of carbonyl (C=O) groups excluding carboxylic acids is 2. The number of H-pyrrole nitrogens is 1. The number of aromatic nitrogens is 1. The number of carbonyl (C=O) groups is 2. The lowest BCUT2D eigenvalue weighted by atomic mass is 10.2. The molecule has 1 aliphatic heterocycles. The molecule has 3 rings (SSSR count). The molecular formula is C18H15N3O4. The van der Waals surface area contributed by atoms with Crippen LogP contribution >= 0.6 is 0 Å². The maximum absolute atomic E-state index is 11.8. The molecule has 1 aliphatic rings. The van der Waals surface area contributed by atoms with E-state index < -0.39 is 0 Å². The zero-order valence-corrected chi connectivity index (χ0v) is 13.2. The van der Waals surface area contributed by atoms with Crippen LogP contribution in [0, 0.1) is 11.8 Å². The standard InChI is InChI=1S/C18H15N3O4/c22-16-8-5-14(12-20-16)17(23)19-9-1-2-13-3-6-15(7-4-13)21-10-11-25-18(21)24/h3-8,12H,9-11H2,(H,19,23)(H,20,22). The van der Waals surface area contributed by atoms with Gasteiger partial charge in [0, 0.05) is 23.5 Å². The van der Waals surface area contributed by atoms with Gasteiger partial charge in [-0.1, -0.05) is 11.8 Å². The van der Waals surface area contributed by atoms with Crippen molar-refractivity contribution in [2.24, 2.45) is 0 Å². The van der Waals surface area contributed by atoms with Gasteiger partial charge in [-0.25, -0.2) is 4.79 Å². The van der Waals surface area contributed by atoms with Crippen LogP contribution in [0.15, 0.2) is 47.4 Å². The number of cyclic esters (lactones) is 1.